The minimum absolute atomic E-state index is 0.639. The second-order valence-electron chi connectivity index (χ2n) is 20.3. The Kier molecular flexibility index (Phi) is 9.87. The van der Waals surface area contributed by atoms with Crippen LogP contribution in [0.4, 0.5) is 0 Å². The topological polar surface area (TPSA) is 64.5 Å². The average molecular weight is 990 g/mol. The van der Waals surface area contributed by atoms with Crippen molar-refractivity contribution in [3.8, 4) is 67.3 Å². The van der Waals surface area contributed by atoms with Crippen molar-refractivity contribution >= 4 is 97.5 Å². The molecule has 0 aliphatic heterocycles. The van der Waals surface area contributed by atoms with Crippen molar-refractivity contribution in [2.75, 3.05) is 0 Å². The zero-order valence-corrected chi connectivity index (χ0v) is 42.1. The van der Waals surface area contributed by atoms with Crippen LogP contribution >= 0.6 is 0 Å². The van der Waals surface area contributed by atoms with Gasteiger partial charge in [0.2, 0.25) is 0 Å². The summed E-state index contributed by atoms with van der Waals surface area (Å²) < 4.78 is 0. The summed E-state index contributed by atoms with van der Waals surface area (Å²) in [5.74, 6) is 0.639. The molecule has 0 radical (unpaired) electrons. The first kappa shape index (κ1) is 43.9. The minimum atomic E-state index is 0.639. The molecule has 0 aliphatic rings. The van der Waals surface area contributed by atoms with Gasteiger partial charge in [0, 0.05) is 44.8 Å². The molecule has 13 aromatic carbocycles. The molecule has 0 bridgehead atoms. The Morgan fingerprint density at radius 2 is 0.679 bits per heavy atom. The van der Waals surface area contributed by atoms with Crippen LogP contribution in [-0.4, -0.2) is 24.9 Å². The normalized spacial score (nSPS) is 11.8. The zero-order valence-electron chi connectivity index (χ0n) is 42.1. The molecule has 360 valence electrons. The minimum Gasteiger partial charge on any atom is -0.256 e. The van der Waals surface area contributed by atoms with Crippen molar-refractivity contribution in [2.45, 2.75) is 0 Å². The lowest BCUT2D eigenvalue weighted by Crippen LogP contribution is -1.98. The summed E-state index contributed by atoms with van der Waals surface area (Å²) in [7, 11) is 0. The van der Waals surface area contributed by atoms with E-state index in [4.69, 9.17) is 24.9 Å². The molecular formula is C73H43N5. The van der Waals surface area contributed by atoms with E-state index >= 15 is 0 Å². The summed E-state index contributed by atoms with van der Waals surface area (Å²) in [4.78, 5) is 25.8. The molecule has 0 atom stereocenters. The summed E-state index contributed by atoms with van der Waals surface area (Å²) in [6.07, 6.45) is 3.81. The molecule has 16 rings (SSSR count). The zero-order chi connectivity index (χ0) is 51.3. The van der Waals surface area contributed by atoms with Crippen molar-refractivity contribution in [3.05, 3.63) is 261 Å². The molecule has 0 N–H and O–H groups in total. The van der Waals surface area contributed by atoms with Gasteiger partial charge in [0.1, 0.15) is 0 Å². The lowest BCUT2D eigenvalue weighted by molar-refractivity contribution is 1.23. The van der Waals surface area contributed by atoms with Crippen molar-refractivity contribution in [1.29, 1.82) is 0 Å². The molecule has 16 aromatic rings. The van der Waals surface area contributed by atoms with E-state index in [0.717, 1.165) is 94.3 Å². The van der Waals surface area contributed by atoms with Gasteiger partial charge in [0.15, 0.2) is 5.82 Å². The van der Waals surface area contributed by atoms with Gasteiger partial charge in [-0.15, -0.1) is 0 Å². The van der Waals surface area contributed by atoms with Gasteiger partial charge >= 0.3 is 0 Å². The lowest BCUT2D eigenvalue weighted by Gasteiger charge is -2.17. The Labute approximate surface area is 448 Å². The van der Waals surface area contributed by atoms with E-state index in [-0.39, 0.29) is 0 Å². The van der Waals surface area contributed by atoms with Crippen molar-refractivity contribution in [2.24, 2.45) is 0 Å². The van der Waals surface area contributed by atoms with E-state index in [1.54, 1.807) is 0 Å². The number of hydrogen-bond donors (Lipinski definition) is 0. The molecular weight excluding hydrogens is 947 g/mol. The lowest BCUT2D eigenvalue weighted by atomic mass is 9.88. The summed E-state index contributed by atoms with van der Waals surface area (Å²) >= 11 is 0. The second-order valence-corrected chi connectivity index (χ2v) is 20.3. The Morgan fingerprint density at radius 3 is 1.31 bits per heavy atom. The fourth-order valence-corrected chi connectivity index (χ4v) is 12.1. The number of aromatic nitrogens is 5. The maximum absolute atomic E-state index is 5.66. The predicted octanol–water partition coefficient (Wildman–Crippen LogP) is 19.0. The first-order valence-electron chi connectivity index (χ1n) is 26.4. The third-order valence-corrected chi connectivity index (χ3v) is 15.9. The number of rotatable bonds is 6. The van der Waals surface area contributed by atoms with Gasteiger partial charge in [-0.1, -0.05) is 200 Å². The monoisotopic (exact) mass is 989 g/mol. The van der Waals surface area contributed by atoms with Crippen LogP contribution in [0.15, 0.2) is 261 Å². The molecule has 0 fully saturated rings. The Morgan fingerprint density at radius 1 is 0.231 bits per heavy atom. The highest BCUT2D eigenvalue weighted by Gasteiger charge is 2.21. The van der Waals surface area contributed by atoms with E-state index in [2.05, 4.69) is 212 Å². The molecule has 3 heterocycles. The highest BCUT2D eigenvalue weighted by molar-refractivity contribution is 6.27. The number of para-hydroxylation sites is 3. The fraction of sp³-hybridized carbons (Fsp3) is 0. The van der Waals surface area contributed by atoms with Crippen LogP contribution in [0.1, 0.15) is 0 Å². The van der Waals surface area contributed by atoms with Crippen LogP contribution in [0, 0.1) is 0 Å². The molecule has 0 amide bonds. The maximum Gasteiger partial charge on any atom is 0.160 e. The molecule has 78 heavy (non-hydrogen) atoms. The number of hydrogen-bond acceptors (Lipinski definition) is 5. The highest BCUT2D eigenvalue weighted by atomic mass is 14.9. The second kappa shape index (κ2) is 17.6. The SMILES string of the molecule is c1ccc2ncc(-c3ccc(-c4nc(-c5ccc(-c6cnc7ccccc7n6)cc5)c5cc(-c6ccc7c8ccccc8c8ccccc8c7c6)cc(-c6ccc7c8ccccc8c8ccccc8c7c6)c5n4)cc3)cc2c1. The maximum atomic E-state index is 5.66. The highest BCUT2D eigenvalue weighted by Crippen LogP contribution is 2.44. The van der Waals surface area contributed by atoms with Gasteiger partial charge in [0.05, 0.1) is 39.7 Å². The number of fused-ring (bicyclic) bond motifs is 15. The standard InChI is InChI=1S/C73H43N5/c1-10-22-67-50(13-1)37-52(42-74-67)44-25-31-47(32-26-44)73-77-71(46-29-27-45(28-30-46)70-43-75-68-23-11-12-24-69(68)76-70)66-41-51(48-33-35-61-57-18-4-2-14-53(57)55-16-6-8-20-59(55)64(61)38-48)40-63(72(66)78-73)49-34-36-62-58-19-5-3-15-54(58)56-17-7-9-21-60(56)65(62)39-49/h1-43H. The van der Waals surface area contributed by atoms with Gasteiger partial charge in [-0.25, -0.2) is 15.0 Å². The van der Waals surface area contributed by atoms with Crippen LogP contribution in [-0.2, 0) is 0 Å². The third-order valence-electron chi connectivity index (χ3n) is 15.9. The van der Waals surface area contributed by atoms with E-state index in [0.29, 0.717) is 5.82 Å². The quantitative estimate of drug-likeness (QED) is 0.155. The molecule has 0 unspecified atom stereocenters. The van der Waals surface area contributed by atoms with E-state index in [9.17, 15) is 0 Å². The largest absolute Gasteiger partial charge is 0.256 e. The Balaban J connectivity index is 0.955. The van der Waals surface area contributed by atoms with Crippen molar-refractivity contribution in [3.63, 3.8) is 0 Å². The molecule has 3 aromatic heterocycles. The van der Waals surface area contributed by atoms with Crippen molar-refractivity contribution in [1.82, 2.24) is 24.9 Å². The molecule has 0 saturated carbocycles. The molecule has 5 heteroatoms. The van der Waals surface area contributed by atoms with Crippen LogP contribution in [0.5, 0.6) is 0 Å². The summed E-state index contributed by atoms with van der Waals surface area (Å²) in [5.41, 5.74) is 14.5. The van der Waals surface area contributed by atoms with Gasteiger partial charge in [-0.2, -0.15) is 0 Å². The number of pyridine rings is 1. The van der Waals surface area contributed by atoms with E-state index in [1.165, 1.54) is 64.6 Å². The van der Waals surface area contributed by atoms with Crippen LogP contribution < -0.4 is 0 Å². The van der Waals surface area contributed by atoms with E-state index in [1.807, 2.05) is 48.8 Å². The van der Waals surface area contributed by atoms with Gasteiger partial charge in [-0.3, -0.25) is 9.97 Å². The van der Waals surface area contributed by atoms with Gasteiger partial charge in [0.25, 0.3) is 0 Å². The van der Waals surface area contributed by atoms with E-state index < -0.39 is 0 Å². The molecule has 5 nitrogen and oxygen atoms in total. The summed E-state index contributed by atoms with van der Waals surface area (Å²) in [5, 5.41) is 16.9. The van der Waals surface area contributed by atoms with Gasteiger partial charge in [-0.05, 0) is 135 Å². The first-order chi connectivity index (χ1) is 38.6. The number of nitrogens with zero attached hydrogens (tertiary/aromatic N) is 5. The number of benzene rings is 13. The molecule has 0 saturated heterocycles. The van der Waals surface area contributed by atoms with Crippen molar-refractivity contribution < 1.29 is 0 Å². The Bertz CT molecular complexity index is 5070. The predicted molar refractivity (Wildman–Crippen MR) is 326 cm³/mol. The third kappa shape index (κ3) is 7.13. The van der Waals surface area contributed by atoms with Crippen LogP contribution in [0.25, 0.3) is 165 Å². The first-order valence-corrected chi connectivity index (χ1v) is 26.4. The molecule has 0 spiro atoms. The van der Waals surface area contributed by atoms with Crippen LogP contribution in [0.3, 0.4) is 0 Å². The fourth-order valence-electron chi connectivity index (χ4n) is 12.1. The van der Waals surface area contributed by atoms with Crippen LogP contribution in [0.2, 0.25) is 0 Å². The smallest absolute Gasteiger partial charge is 0.160 e. The summed E-state index contributed by atoms with van der Waals surface area (Å²) in [6.45, 7) is 0. The van der Waals surface area contributed by atoms with Gasteiger partial charge < -0.3 is 0 Å². The summed E-state index contributed by atoms with van der Waals surface area (Å²) in [6, 6.07) is 89.4. The molecule has 0 aliphatic carbocycles. The Hall–Kier alpha value is -10.5. The average Bonchev–Trinajstić information content (AvgIpc) is 3.67.